The molecule has 2 heterocycles. The lowest BCUT2D eigenvalue weighted by atomic mass is 9.87. The maximum atomic E-state index is 6.20. The van der Waals surface area contributed by atoms with Crippen molar-refractivity contribution < 1.29 is 0 Å². The van der Waals surface area contributed by atoms with Crippen LogP contribution in [0.1, 0.15) is 31.9 Å². The number of nitrogens with zero attached hydrogens (tertiary/aromatic N) is 4. The minimum atomic E-state index is 0. The molecule has 5 nitrogen and oxygen atoms in total. The molecule has 142 valence electrons. The highest BCUT2D eigenvalue weighted by Crippen LogP contribution is 2.22. The monoisotopic (exact) mass is 485 g/mol. The van der Waals surface area contributed by atoms with E-state index in [0.29, 0.717) is 12.5 Å². The van der Waals surface area contributed by atoms with Crippen LogP contribution < -0.4 is 10.6 Å². The molecule has 0 amide bonds. The lowest BCUT2D eigenvalue weighted by Crippen LogP contribution is -2.51. The number of anilines is 1. The number of aliphatic imine (C=N–C) groups is 1. The second kappa shape index (κ2) is 9.03. The normalized spacial score (nSPS) is 15.7. The van der Waals surface area contributed by atoms with Crippen molar-refractivity contribution in [3.63, 3.8) is 0 Å². The average molecular weight is 485 g/mol. The van der Waals surface area contributed by atoms with Gasteiger partial charge in [-0.25, -0.2) is 9.98 Å². The number of piperazine rings is 1. The number of rotatable bonds is 3. The molecular weight excluding hydrogens is 457 g/mol. The van der Waals surface area contributed by atoms with Gasteiger partial charge in [0.15, 0.2) is 11.1 Å². The van der Waals surface area contributed by atoms with Crippen LogP contribution in [0.5, 0.6) is 0 Å². The summed E-state index contributed by atoms with van der Waals surface area (Å²) in [4.78, 5) is 13.4. The van der Waals surface area contributed by atoms with Crippen molar-refractivity contribution in [3.8, 4) is 0 Å². The molecule has 0 spiro atoms. The van der Waals surface area contributed by atoms with Gasteiger partial charge >= 0.3 is 0 Å². The molecule has 1 aliphatic heterocycles. The molecule has 3 rings (SSSR count). The molecule has 0 aliphatic carbocycles. The second-order valence-electron chi connectivity index (χ2n) is 7.41. The van der Waals surface area contributed by atoms with Crippen LogP contribution in [0.3, 0.4) is 0 Å². The first-order valence-corrected chi connectivity index (χ1v) is 9.60. The molecule has 1 fully saturated rings. The topological polar surface area (TPSA) is 57.8 Å². The zero-order valence-corrected chi connectivity index (χ0v) is 18.8. The zero-order valence-electron chi connectivity index (χ0n) is 15.7. The highest BCUT2D eigenvalue weighted by Gasteiger charge is 2.19. The maximum Gasteiger partial charge on any atom is 0.191 e. The molecule has 7 heteroatoms. The van der Waals surface area contributed by atoms with E-state index < -0.39 is 0 Å². The van der Waals surface area contributed by atoms with Gasteiger partial charge in [0.1, 0.15) is 0 Å². The molecule has 1 aromatic carbocycles. The summed E-state index contributed by atoms with van der Waals surface area (Å²) in [5.74, 6) is 0.638. The summed E-state index contributed by atoms with van der Waals surface area (Å²) in [5.41, 5.74) is 8.91. The van der Waals surface area contributed by atoms with Gasteiger partial charge < -0.3 is 15.5 Å². The van der Waals surface area contributed by atoms with Gasteiger partial charge in [-0.05, 0) is 16.5 Å². The highest BCUT2D eigenvalue weighted by molar-refractivity contribution is 14.0. The molecule has 26 heavy (non-hydrogen) atoms. The van der Waals surface area contributed by atoms with Crippen LogP contribution >= 0.6 is 35.3 Å². The van der Waals surface area contributed by atoms with Crippen LogP contribution in [0, 0.1) is 0 Å². The fraction of sp³-hybridized carbons (Fsp3) is 0.474. The number of hydrogen-bond donors (Lipinski definition) is 1. The van der Waals surface area contributed by atoms with Crippen LogP contribution in [0.15, 0.2) is 40.8 Å². The van der Waals surface area contributed by atoms with Crippen molar-refractivity contribution in [2.24, 2.45) is 10.7 Å². The first-order valence-electron chi connectivity index (χ1n) is 8.72. The first-order chi connectivity index (χ1) is 11.9. The number of nitrogens with two attached hydrogens (primary N) is 1. The molecular formula is C19H28IN5S. The van der Waals surface area contributed by atoms with E-state index in [0.717, 1.165) is 31.3 Å². The number of halogens is 1. The predicted molar refractivity (Wildman–Crippen MR) is 122 cm³/mol. The van der Waals surface area contributed by atoms with Crippen molar-refractivity contribution in [1.82, 2.24) is 9.88 Å². The highest BCUT2D eigenvalue weighted by atomic mass is 127. The van der Waals surface area contributed by atoms with E-state index in [4.69, 9.17) is 5.73 Å². The number of aromatic nitrogens is 1. The van der Waals surface area contributed by atoms with Gasteiger partial charge in [0.2, 0.25) is 0 Å². The van der Waals surface area contributed by atoms with Crippen LogP contribution in [0.25, 0.3) is 0 Å². The van der Waals surface area contributed by atoms with Crippen molar-refractivity contribution in [2.75, 3.05) is 31.1 Å². The van der Waals surface area contributed by atoms with E-state index in [1.54, 1.807) is 11.3 Å². The van der Waals surface area contributed by atoms with Gasteiger partial charge in [-0.2, -0.15) is 0 Å². The van der Waals surface area contributed by atoms with Crippen LogP contribution in [0.2, 0.25) is 0 Å². The summed E-state index contributed by atoms with van der Waals surface area (Å²) in [5, 5.41) is 3.11. The summed E-state index contributed by atoms with van der Waals surface area (Å²) in [7, 11) is 0. The summed E-state index contributed by atoms with van der Waals surface area (Å²) >= 11 is 1.68. The standard InChI is InChI=1S/C19H27N5S.HI/c1-19(2,3)16-6-4-15(5-7-16)14-22-17(20)23-9-11-24(12-10-23)18-21-8-13-25-18;/h4-8,13H,9-12,14H2,1-3H3,(H2,20,22);1H. The number of benzene rings is 1. The summed E-state index contributed by atoms with van der Waals surface area (Å²) < 4.78 is 0. The molecule has 0 unspecified atom stereocenters. The third-order valence-corrected chi connectivity index (χ3v) is 5.37. The second-order valence-corrected chi connectivity index (χ2v) is 8.28. The summed E-state index contributed by atoms with van der Waals surface area (Å²) in [6.07, 6.45) is 1.85. The Kier molecular flexibility index (Phi) is 7.28. The SMILES string of the molecule is CC(C)(C)c1ccc(CN=C(N)N2CCN(c3nccs3)CC2)cc1.I. The van der Waals surface area contributed by atoms with E-state index in [2.05, 4.69) is 64.8 Å². The van der Waals surface area contributed by atoms with Crippen molar-refractivity contribution in [2.45, 2.75) is 32.7 Å². The Morgan fingerprint density at radius 3 is 2.35 bits per heavy atom. The third kappa shape index (κ3) is 5.33. The number of guanidine groups is 1. The molecule has 0 bridgehead atoms. The van der Waals surface area contributed by atoms with Gasteiger partial charge in [0.05, 0.1) is 6.54 Å². The molecule has 2 aromatic rings. The van der Waals surface area contributed by atoms with E-state index in [1.807, 2.05) is 11.6 Å². The fourth-order valence-corrected chi connectivity index (χ4v) is 3.58. The third-order valence-electron chi connectivity index (χ3n) is 4.54. The first kappa shape index (κ1) is 21.0. The Bertz CT molecular complexity index is 699. The zero-order chi connectivity index (χ0) is 17.9. The Morgan fingerprint density at radius 2 is 1.81 bits per heavy atom. The fourth-order valence-electron chi connectivity index (χ4n) is 2.88. The Morgan fingerprint density at radius 1 is 1.15 bits per heavy atom. The largest absolute Gasteiger partial charge is 0.370 e. The van der Waals surface area contributed by atoms with Gasteiger partial charge in [0, 0.05) is 37.8 Å². The van der Waals surface area contributed by atoms with E-state index >= 15 is 0 Å². The number of thiazole rings is 1. The van der Waals surface area contributed by atoms with Crippen LogP contribution in [-0.4, -0.2) is 42.0 Å². The maximum absolute atomic E-state index is 6.20. The van der Waals surface area contributed by atoms with Gasteiger partial charge in [-0.15, -0.1) is 35.3 Å². The van der Waals surface area contributed by atoms with Crippen molar-refractivity contribution in [1.29, 1.82) is 0 Å². The number of hydrogen-bond acceptors (Lipinski definition) is 4. The minimum Gasteiger partial charge on any atom is -0.370 e. The molecule has 0 radical (unpaired) electrons. The Labute approximate surface area is 177 Å². The molecule has 2 N–H and O–H groups in total. The van der Waals surface area contributed by atoms with E-state index in [9.17, 15) is 0 Å². The lowest BCUT2D eigenvalue weighted by Gasteiger charge is -2.35. The Hall–Kier alpha value is -1.35. The molecule has 1 aliphatic rings. The van der Waals surface area contributed by atoms with Crippen LogP contribution in [-0.2, 0) is 12.0 Å². The average Bonchev–Trinajstić information content (AvgIpc) is 3.14. The van der Waals surface area contributed by atoms with Gasteiger partial charge in [0.25, 0.3) is 0 Å². The smallest absolute Gasteiger partial charge is 0.191 e. The van der Waals surface area contributed by atoms with Gasteiger partial charge in [-0.3, -0.25) is 0 Å². The van der Waals surface area contributed by atoms with Crippen molar-refractivity contribution in [3.05, 3.63) is 47.0 Å². The van der Waals surface area contributed by atoms with E-state index in [-0.39, 0.29) is 29.4 Å². The summed E-state index contributed by atoms with van der Waals surface area (Å²) in [6, 6.07) is 8.68. The van der Waals surface area contributed by atoms with E-state index in [1.165, 1.54) is 11.1 Å². The molecule has 0 atom stereocenters. The predicted octanol–water partition coefficient (Wildman–Crippen LogP) is 3.70. The molecule has 1 aromatic heterocycles. The van der Waals surface area contributed by atoms with Gasteiger partial charge in [-0.1, -0.05) is 45.0 Å². The van der Waals surface area contributed by atoms with Crippen LogP contribution in [0.4, 0.5) is 5.13 Å². The molecule has 1 saturated heterocycles. The summed E-state index contributed by atoms with van der Waals surface area (Å²) in [6.45, 7) is 10.9. The minimum absolute atomic E-state index is 0. The lowest BCUT2D eigenvalue weighted by molar-refractivity contribution is 0.380. The molecule has 0 saturated carbocycles. The Balaban J connectivity index is 0.00000243. The quantitative estimate of drug-likeness (QED) is 0.409. The van der Waals surface area contributed by atoms with Crippen molar-refractivity contribution >= 4 is 46.4 Å².